The van der Waals surface area contributed by atoms with Crippen molar-refractivity contribution in [3.05, 3.63) is 24.3 Å². The highest BCUT2D eigenvalue weighted by atomic mass is 16.7. The minimum absolute atomic E-state index is 0.0566. The van der Waals surface area contributed by atoms with E-state index in [1.165, 1.54) is 24.3 Å². The van der Waals surface area contributed by atoms with Crippen LogP contribution in [0.15, 0.2) is 24.3 Å². The summed E-state index contributed by atoms with van der Waals surface area (Å²) in [6.07, 6.45) is -6.58. The van der Waals surface area contributed by atoms with Crippen molar-refractivity contribution in [1.29, 1.82) is 0 Å². The minimum Gasteiger partial charge on any atom is -0.508 e. The quantitative estimate of drug-likeness (QED) is 0.457. The monoisotopic (exact) mass is 272 g/mol. The van der Waals surface area contributed by atoms with E-state index in [2.05, 4.69) is 0 Å². The molecule has 0 amide bonds. The number of benzene rings is 1. The molecule has 5 atom stereocenters. The van der Waals surface area contributed by atoms with Gasteiger partial charge >= 0.3 is 0 Å². The van der Waals surface area contributed by atoms with Crippen LogP contribution in [-0.2, 0) is 4.74 Å². The van der Waals surface area contributed by atoms with Crippen LogP contribution >= 0.6 is 0 Å². The topological polar surface area (TPSA) is 120 Å². The van der Waals surface area contributed by atoms with Gasteiger partial charge in [0.2, 0.25) is 6.29 Å². The van der Waals surface area contributed by atoms with E-state index in [0.717, 1.165) is 0 Å². The molecule has 7 heteroatoms. The Morgan fingerprint density at radius 2 is 1.63 bits per heavy atom. The highest BCUT2D eigenvalue weighted by Crippen LogP contribution is 2.25. The molecule has 1 aromatic carbocycles. The SMILES string of the molecule is OCC1O[C@@H](Oc2ccc(O)cc2)C(O)[C@@H](O)[C@H]1O. The molecule has 1 heterocycles. The summed E-state index contributed by atoms with van der Waals surface area (Å²) in [4.78, 5) is 0. The van der Waals surface area contributed by atoms with Crippen molar-refractivity contribution in [3.63, 3.8) is 0 Å². The predicted octanol–water partition coefficient (Wildman–Crippen LogP) is -1.43. The highest BCUT2D eigenvalue weighted by Gasteiger charge is 2.44. The molecule has 0 bridgehead atoms. The van der Waals surface area contributed by atoms with Crippen LogP contribution < -0.4 is 4.74 Å². The average Bonchev–Trinajstić information content (AvgIpc) is 2.42. The van der Waals surface area contributed by atoms with Crippen LogP contribution in [0.1, 0.15) is 0 Å². The molecule has 0 spiro atoms. The van der Waals surface area contributed by atoms with E-state index < -0.39 is 37.3 Å². The lowest BCUT2D eigenvalue weighted by Crippen LogP contribution is -2.60. The molecule has 2 rings (SSSR count). The number of rotatable bonds is 3. The van der Waals surface area contributed by atoms with Gasteiger partial charge in [-0.25, -0.2) is 0 Å². The van der Waals surface area contributed by atoms with Crippen molar-refractivity contribution >= 4 is 0 Å². The van der Waals surface area contributed by atoms with E-state index in [0.29, 0.717) is 5.75 Å². The Kier molecular flexibility index (Phi) is 4.23. The largest absolute Gasteiger partial charge is 0.508 e. The first-order valence-electron chi connectivity index (χ1n) is 5.79. The maximum Gasteiger partial charge on any atom is 0.229 e. The first-order valence-corrected chi connectivity index (χ1v) is 5.79. The molecule has 5 N–H and O–H groups in total. The lowest BCUT2D eigenvalue weighted by molar-refractivity contribution is -0.277. The van der Waals surface area contributed by atoms with E-state index >= 15 is 0 Å². The summed E-state index contributed by atoms with van der Waals surface area (Å²) in [6, 6.07) is 5.69. The lowest BCUT2D eigenvalue weighted by Gasteiger charge is -2.39. The molecule has 1 fully saturated rings. The van der Waals surface area contributed by atoms with Gasteiger partial charge in [0.05, 0.1) is 6.61 Å². The van der Waals surface area contributed by atoms with Crippen molar-refractivity contribution < 1.29 is 35.0 Å². The Hall–Kier alpha value is -1.38. The maximum atomic E-state index is 9.75. The van der Waals surface area contributed by atoms with Crippen molar-refractivity contribution in [3.8, 4) is 11.5 Å². The van der Waals surface area contributed by atoms with Gasteiger partial charge in [-0.2, -0.15) is 0 Å². The number of phenolic OH excluding ortho intramolecular Hbond substituents is 1. The van der Waals surface area contributed by atoms with Crippen LogP contribution in [0.25, 0.3) is 0 Å². The summed E-state index contributed by atoms with van der Waals surface area (Å²) in [6.45, 7) is -0.514. The number of hydrogen-bond donors (Lipinski definition) is 5. The molecule has 1 saturated heterocycles. The van der Waals surface area contributed by atoms with Crippen LogP contribution in [0.5, 0.6) is 11.5 Å². The summed E-state index contributed by atoms with van der Waals surface area (Å²) >= 11 is 0. The predicted molar refractivity (Wildman–Crippen MR) is 62.5 cm³/mol. The van der Waals surface area contributed by atoms with Crippen LogP contribution in [0.2, 0.25) is 0 Å². The molecule has 19 heavy (non-hydrogen) atoms. The van der Waals surface area contributed by atoms with E-state index in [4.69, 9.17) is 19.7 Å². The third-order valence-corrected chi connectivity index (χ3v) is 2.94. The molecule has 106 valence electrons. The van der Waals surface area contributed by atoms with Gasteiger partial charge in [-0.1, -0.05) is 0 Å². The fourth-order valence-corrected chi connectivity index (χ4v) is 1.82. The molecular weight excluding hydrogens is 256 g/mol. The van der Waals surface area contributed by atoms with E-state index in [1.807, 2.05) is 0 Å². The van der Waals surface area contributed by atoms with Crippen molar-refractivity contribution in [2.75, 3.05) is 6.61 Å². The van der Waals surface area contributed by atoms with Gasteiger partial charge in [0.15, 0.2) is 0 Å². The molecule has 0 radical (unpaired) electrons. The molecular formula is C12H16O7. The van der Waals surface area contributed by atoms with Crippen molar-refractivity contribution in [1.82, 2.24) is 0 Å². The molecule has 1 aromatic rings. The van der Waals surface area contributed by atoms with Gasteiger partial charge in [-0.15, -0.1) is 0 Å². The van der Waals surface area contributed by atoms with Gasteiger partial charge in [0.1, 0.15) is 35.9 Å². The zero-order chi connectivity index (χ0) is 14.0. The molecule has 0 aromatic heterocycles. The fraction of sp³-hybridized carbons (Fsp3) is 0.500. The smallest absolute Gasteiger partial charge is 0.229 e. The normalized spacial score (nSPS) is 35.1. The van der Waals surface area contributed by atoms with Gasteiger partial charge in [0.25, 0.3) is 0 Å². The zero-order valence-corrected chi connectivity index (χ0v) is 9.96. The van der Waals surface area contributed by atoms with Crippen LogP contribution in [0, 0.1) is 0 Å². The second-order valence-corrected chi connectivity index (χ2v) is 4.31. The lowest BCUT2D eigenvalue weighted by atomic mass is 9.99. The van der Waals surface area contributed by atoms with Gasteiger partial charge < -0.3 is 35.0 Å². The van der Waals surface area contributed by atoms with E-state index in [-0.39, 0.29) is 5.75 Å². The first kappa shape index (κ1) is 14.0. The number of aliphatic hydroxyl groups is 4. The molecule has 0 aliphatic carbocycles. The second kappa shape index (κ2) is 5.72. The Bertz CT molecular complexity index is 405. The number of aliphatic hydroxyl groups excluding tert-OH is 4. The summed E-state index contributed by atoms with van der Waals surface area (Å²) in [5, 5.41) is 47.1. The zero-order valence-electron chi connectivity index (χ0n) is 9.96. The van der Waals surface area contributed by atoms with E-state index in [1.54, 1.807) is 0 Å². The van der Waals surface area contributed by atoms with Crippen LogP contribution in [0.4, 0.5) is 0 Å². The number of aromatic hydroxyl groups is 1. The van der Waals surface area contributed by atoms with Gasteiger partial charge in [-0.3, -0.25) is 0 Å². The third-order valence-electron chi connectivity index (χ3n) is 2.94. The van der Waals surface area contributed by atoms with Crippen LogP contribution in [0.3, 0.4) is 0 Å². The fourth-order valence-electron chi connectivity index (χ4n) is 1.82. The van der Waals surface area contributed by atoms with Crippen LogP contribution in [-0.4, -0.2) is 62.8 Å². The Morgan fingerprint density at radius 1 is 1.00 bits per heavy atom. The summed E-state index contributed by atoms with van der Waals surface area (Å²) in [5.74, 6) is 0.364. The second-order valence-electron chi connectivity index (χ2n) is 4.31. The summed E-state index contributed by atoms with van der Waals surface area (Å²) in [5.41, 5.74) is 0. The first-order chi connectivity index (χ1) is 9.02. The Balaban J connectivity index is 2.08. The van der Waals surface area contributed by atoms with Crippen molar-refractivity contribution in [2.45, 2.75) is 30.7 Å². The summed E-state index contributed by atoms with van der Waals surface area (Å²) < 4.78 is 10.5. The third kappa shape index (κ3) is 2.96. The molecule has 0 saturated carbocycles. The molecule has 2 unspecified atom stereocenters. The minimum atomic E-state index is -1.48. The number of hydrogen-bond acceptors (Lipinski definition) is 7. The molecule has 1 aliphatic heterocycles. The van der Waals surface area contributed by atoms with Gasteiger partial charge in [-0.05, 0) is 24.3 Å². The molecule has 1 aliphatic rings. The Labute approximate surface area is 109 Å². The van der Waals surface area contributed by atoms with Gasteiger partial charge in [0, 0.05) is 0 Å². The van der Waals surface area contributed by atoms with Crippen molar-refractivity contribution in [2.24, 2.45) is 0 Å². The van der Waals surface area contributed by atoms with E-state index in [9.17, 15) is 15.3 Å². The standard InChI is InChI=1S/C12H16O7/c13-5-8-9(15)10(16)11(17)12(19-8)18-7-3-1-6(14)2-4-7/h1-4,8-17H,5H2/t8?,9-,10-,11?,12+/m0/s1. The number of ether oxygens (including phenoxy) is 2. The highest BCUT2D eigenvalue weighted by molar-refractivity contribution is 5.30. The maximum absolute atomic E-state index is 9.75. The molecule has 7 nitrogen and oxygen atoms in total. The average molecular weight is 272 g/mol. The summed E-state index contributed by atoms with van der Waals surface area (Å²) in [7, 11) is 0. The Morgan fingerprint density at radius 3 is 2.21 bits per heavy atom. The number of phenols is 1.